The Morgan fingerprint density at radius 2 is 1.95 bits per heavy atom. The van der Waals surface area contributed by atoms with Gasteiger partial charge in [-0.05, 0) is 19.8 Å². The molecule has 1 heterocycles. The molecule has 1 rings (SSSR count). The van der Waals surface area contributed by atoms with Crippen LogP contribution in [0.1, 0.15) is 52.9 Å². The Bertz CT molecular complexity index is 373. The second-order valence-electron chi connectivity index (χ2n) is 5.81. The maximum absolute atomic E-state index is 12.1. The van der Waals surface area contributed by atoms with Crippen LogP contribution in [0.15, 0.2) is 0 Å². The summed E-state index contributed by atoms with van der Waals surface area (Å²) in [6.07, 6.45) is 3.31. The van der Waals surface area contributed by atoms with Gasteiger partial charge in [0.25, 0.3) is 0 Å². The Hall–Kier alpha value is -0.840. The fraction of sp³-hybridized carbons (Fsp3) is 0.786. The molecule has 5 heteroatoms. The van der Waals surface area contributed by atoms with Crippen molar-refractivity contribution in [1.29, 1.82) is 0 Å². The molecule has 4 nitrogen and oxygen atoms in total. The molecule has 1 atom stereocenters. The van der Waals surface area contributed by atoms with Gasteiger partial charge in [-0.25, -0.2) is 0 Å². The maximum Gasteiger partial charge on any atom is 0.234 e. The number of thiol groups is 1. The van der Waals surface area contributed by atoms with Crippen molar-refractivity contribution in [1.82, 2.24) is 4.90 Å². The number of amides is 2. The van der Waals surface area contributed by atoms with Crippen molar-refractivity contribution in [3.05, 3.63) is 0 Å². The molecule has 0 spiro atoms. The summed E-state index contributed by atoms with van der Waals surface area (Å²) in [7, 11) is 0. The molecular weight excluding hydrogens is 262 g/mol. The van der Waals surface area contributed by atoms with Gasteiger partial charge in [0.1, 0.15) is 5.78 Å². The zero-order valence-corrected chi connectivity index (χ0v) is 12.8. The van der Waals surface area contributed by atoms with E-state index in [1.807, 2.05) is 13.8 Å². The number of likely N-dealkylation sites (tertiary alicyclic amines) is 1. The first-order valence-corrected chi connectivity index (χ1v) is 7.24. The van der Waals surface area contributed by atoms with Crippen molar-refractivity contribution >= 4 is 30.2 Å². The van der Waals surface area contributed by atoms with E-state index in [4.69, 9.17) is 0 Å². The highest BCUT2D eigenvalue weighted by Crippen LogP contribution is 2.33. The number of hydrogen-bond donors (Lipinski definition) is 1. The first kappa shape index (κ1) is 16.2. The van der Waals surface area contributed by atoms with Crippen LogP contribution in [0.4, 0.5) is 0 Å². The molecule has 0 radical (unpaired) electrons. The predicted molar refractivity (Wildman–Crippen MR) is 77.0 cm³/mol. The maximum atomic E-state index is 12.1. The predicted octanol–water partition coefficient (Wildman–Crippen LogP) is 2.22. The summed E-state index contributed by atoms with van der Waals surface area (Å²) >= 11 is 4.40. The van der Waals surface area contributed by atoms with Gasteiger partial charge in [0.2, 0.25) is 11.8 Å². The molecule has 0 saturated carbocycles. The second kappa shape index (κ2) is 6.55. The molecule has 0 aliphatic carbocycles. The lowest BCUT2D eigenvalue weighted by atomic mass is 9.93. The molecule has 2 amide bonds. The third-order valence-corrected chi connectivity index (χ3v) is 3.82. The Morgan fingerprint density at radius 1 is 1.32 bits per heavy atom. The topological polar surface area (TPSA) is 54.5 Å². The first-order chi connectivity index (χ1) is 8.73. The minimum atomic E-state index is -0.462. The Labute approximate surface area is 120 Å². The molecule has 1 aliphatic rings. The summed E-state index contributed by atoms with van der Waals surface area (Å²) in [6.45, 7) is 5.77. The number of carbonyl (C=O) groups is 3. The van der Waals surface area contributed by atoms with E-state index in [1.165, 1.54) is 4.90 Å². The number of unbranched alkanes of at least 4 members (excludes halogenated alkanes) is 2. The third-order valence-electron chi connectivity index (χ3n) is 3.51. The van der Waals surface area contributed by atoms with E-state index in [9.17, 15) is 14.4 Å². The van der Waals surface area contributed by atoms with Gasteiger partial charge in [0.05, 0.1) is 5.92 Å². The summed E-state index contributed by atoms with van der Waals surface area (Å²) < 4.78 is -0.462. The smallest absolute Gasteiger partial charge is 0.234 e. The van der Waals surface area contributed by atoms with E-state index in [1.54, 1.807) is 6.92 Å². The number of carbonyl (C=O) groups excluding carboxylic acids is 3. The van der Waals surface area contributed by atoms with Crippen LogP contribution in [0.2, 0.25) is 0 Å². The molecule has 0 aromatic heterocycles. The Morgan fingerprint density at radius 3 is 2.42 bits per heavy atom. The van der Waals surface area contributed by atoms with Crippen molar-refractivity contribution in [2.75, 3.05) is 6.54 Å². The van der Waals surface area contributed by atoms with Crippen LogP contribution in [0, 0.1) is 5.92 Å². The zero-order valence-electron chi connectivity index (χ0n) is 11.9. The number of Topliss-reactive ketones (excluding diaryl/α,β-unsaturated/α-hetero) is 1. The van der Waals surface area contributed by atoms with Crippen LogP contribution in [0.3, 0.4) is 0 Å². The number of hydrogen-bond acceptors (Lipinski definition) is 4. The molecule has 1 aliphatic heterocycles. The van der Waals surface area contributed by atoms with Gasteiger partial charge in [-0.1, -0.05) is 20.3 Å². The molecular formula is C14H23NO3S. The minimum Gasteiger partial charge on any atom is -0.300 e. The van der Waals surface area contributed by atoms with Crippen LogP contribution in [-0.2, 0) is 14.4 Å². The lowest BCUT2D eigenvalue weighted by Gasteiger charge is -2.23. The lowest BCUT2D eigenvalue weighted by Crippen LogP contribution is -2.36. The van der Waals surface area contributed by atoms with Gasteiger partial charge < -0.3 is 4.79 Å². The minimum absolute atomic E-state index is 0.0938. The molecule has 0 aromatic carbocycles. The van der Waals surface area contributed by atoms with Crippen LogP contribution in [-0.4, -0.2) is 33.8 Å². The molecule has 1 unspecified atom stereocenters. The average Bonchev–Trinajstić information content (AvgIpc) is 2.55. The van der Waals surface area contributed by atoms with Gasteiger partial charge in [0.15, 0.2) is 0 Å². The van der Waals surface area contributed by atoms with Gasteiger partial charge in [0, 0.05) is 24.1 Å². The molecule has 0 bridgehead atoms. The van der Waals surface area contributed by atoms with E-state index >= 15 is 0 Å². The second-order valence-corrected chi connectivity index (χ2v) is 6.96. The van der Waals surface area contributed by atoms with E-state index in [0.29, 0.717) is 13.0 Å². The first-order valence-electron chi connectivity index (χ1n) is 6.79. The van der Waals surface area contributed by atoms with Gasteiger partial charge in [-0.15, -0.1) is 0 Å². The SMILES string of the molecule is CC(=O)CCCCCN1C(=O)CC(C(C)(C)S)C1=O. The fourth-order valence-electron chi connectivity index (χ4n) is 2.29. The van der Waals surface area contributed by atoms with Crippen molar-refractivity contribution in [3.63, 3.8) is 0 Å². The van der Waals surface area contributed by atoms with Crippen LogP contribution in [0.5, 0.6) is 0 Å². The molecule has 19 heavy (non-hydrogen) atoms. The summed E-state index contributed by atoms with van der Waals surface area (Å²) in [5.74, 6) is -0.328. The van der Waals surface area contributed by atoms with Crippen molar-refractivity contribution in [3.8, 4) is 0 Å². The average molecular weight is 285 g/mol. The lowest BCUT2D eigenvalue weighted by molar-refractivity contribution is -0.139. The zero-order chi connectivity index (χ0) is 14.6. The number of imide groups is 1. The van der Waals surface area contributed by atoms with E-state index in [-0.39, 0.29) is 29.9 Å². The Kier molecular flexibility index (Phi) is 5.59. The van der Waals surface area contributed by atoms with Crippen molar-refractivity contribution in [2.24, 2.45) is 5.92 Å². The van der Waals surface area contributed by atoms with Gasteiger partial charge in [-0.3, -0.25) is 14.5 Å². The van der Waals surface area contributed by atoms with Crippen molar-refractivity contribution in [2.45, 2.75) is 57.6 Å². The van der Waals surface area contributed by atoms with E-state index in [2.05, 4.69) is 12.6 Å². The summed E-state index contributed by atoms with van der Waals surface area (Å²) in [5.41, 5.74) is 0. The highest BCUT2D eigenvalue weighted by Gasteiger charge is 2.44. The number of nitrogens with zero attached hydrogens (tertiary/aromatic N) is 1. The van der Waals surface area contributed by atoms with Gasteiger partial charge in [-0.2, -0.15) is 12.6 Å². The van der Waals surface area contributed by atoms with Crippen LogP contribution >= 0.6 is 12.6 Å². The van der Waals surface area contributed by atoms with Crippen molar-refractivity contribution < 1.29 is 14.4 Å². The van der Waals surface area contributed by atoms with Crippen LogP contribution < -0.4 is 0 Å². The molecule has 0 aromatic rings. The molecule has 1 fully saturated rings. The normalized spacial score (nSPS) is 20.2. The van der Waals surface area contributed by atoms with E-state index < -0.39 is 4.75 Å². The standard InChI is InChI=1S/C14H23NO3S/c1-10(16)7-5-4-6-8-15-12(17)9-11(13(15)18)14(2,3)19/h11,19H,4-9H2,1-3H3. The largest absolute Gasteiger partial charge is 0.300 e. The Balaban J connectivity index is 2.40. The third kappa shape index (κ3) is 4.64. The van der Waals surface area contributed by atoms with Crippen LogP contribution in [0.25, 0.3) is 0 Å². The molecule has 108 valence electrons. The summed E-state index contributed by atoms with van der Waals surface area (Å²) in [5, 5.41) is 0. The summed E-state index contributed by atoms with van der Waals surface area (Å²) in [4.78, 5) is 36.1. The molecule has 1 saturated heterocycles. The highest BCUT2D eigenvalue weighted by atomic mass is 32.1. The quantitative estimate of drug-likeness (QED) is 0.443. The fourth-order valence-corrected chi connectivity index (χ4v) is 2.49. The summed E-state index contributed by atoms with van der Waals surface area (Å²) in [6, 6.07) is 0. The van der Waals surface area contributed by atoms with Gasteiger partial charge >= 0.3 is 0 Å². The monoisotopic (exact) mass is 285 g/mol. The highest BCUT2D eigenvalue weighted by molar-refractivity contribution is 7.81. The number of ketones is 1. The molecule has 0 N–H and O–H groups in total. The number of rotatable bonds is 7. The van der Waals surface area contributed by atoms with E-state index in [0.717, 1.165) is 19.3 Å².